The minimum Gasteiger partial charge on any atom is -0.348 e. The number of rotatable bonds is 8. The maximum atomic E-state index is 12.6. The second-order valence-electron chi connectivity index (χ2n) is 7.08. The van der Waals surface area contributed by atoms with E-state index in [0.717, 1.165) is 16.8 Å². The Morgan fingerprint density at radius 2 is 1.68 bits per heavy atom. The predicted octanol–water partition coefficient (Wildman–Crippen LogP) is 1.95. The molecule has 0 spiro atoms. The molecule has 2 aromatic rings. The summed E-state index contributed by atoms with van der Waals surface area (Å²) >= 11 is 0. The van der Waals surface area contributed by atoms with Crippen LogP contribution in [-0.4, -0.2) is 46.7 Å². The van der Waals surface area contributed by atoms with Gasteiger partial charge in [-0.2, -0.15) is 0 Å². The van der Waals surface area contributed by atoms with Crippen LogP contribution < -0.4 is 9.62 Å². The molecule has 0 aliphatic rings. The van der Waals surface area contributed by atoms with E-state index in [1.54, 1.807) is 19.1 Å². The molecule has 2 rings (SSSR count). The molecule has 0 saturated carbocycles. The van der Waals surface area contributed by atoms with Crippen molar-refractivity contribution in [3.63, 3.8) is 0 Å². The van der Waals surface area contributed by atoms with Crippen molar-refractivity contribution in [1.29, 1.82) is 0 Å². The molecule has 0 heterocycles. The van der Waals surface area contributed by atoms with E-state index in [1.807, 2.05) is 0 Å². The molecular formula is C19H23N3O7S2. The number of sulfone groups is 1. The van der Waals surface area contributed by atoms with Crippen LogP contribution in [0.3, 0.4) is 0 Å². The maximum absolute atomic E-state index is 12.6. The van der Waals surface area contributed by atoms with Crippen LogP contribution in [0.4, 0.5) is 11.4 Å². The lowest BCUT2D eigenvalue weighted by Gasteiger charge is -2.24. The summed E-state index contributed by atoms with van der Waals surface area (Å²) in [6.07, 6.45) is 1.99. The van der Waals surface area contributed by atoms with Crippen LogP contribution >= 0.6 is 0 Å². The summed E-state index contributed by atoms with van der Waals surface area (Å²) in [5.74, 6) is -0.629. The fourth-order valence-electron chi connectivity index (χ4n) is 2.97. The van der Waals surface area contributed by atoms with Crippen molar-refractivity contribution in [1.82, 2.24) is 5.32 Å². The van der Waals surface area contributed by atoms with Crippen molar-refractivity contribution >= 4 is 37.1 Å². The molecule has 168 valence electrons. The molecule has 0 fully saturated rings. The summed E-state index contributed by atoms with van der Waals surface area (Å²) in [6, 6.07) is 9.41. The highest BCUT2D eigenvalue weighted by atomic mass is 32.2. The number of nitrogens with one attached hydrogen (secondary N) is 1. The largest absolute Gasteiger partial charge is 0.348 e. The van der Waals surface area contributed by atoms with E-state index in [-0.39, 0.29) is 21.8 Å². The van der Waals surface area contributed by atoms with E-state index >= 15 is 0 Å². The topological polar surface area (TPSA) is 144 Å². The zero-order valence-electron chi connectivity index (χ0n) is 17.4. The molecule has 0 aromatic heterocycles. The van der Waals surface area contributed by atoms with Crippen LogP contribution in [0.15, 0.2) is 47.4 Å². The number of hydrogen-bond acceptors (Lipinski definition) is 7. The number of nitro groups is 1. The molecule has 31 heavy (non-hydrogen) atoms. The van der Waals surface area contributed by atoms with Crippen molar-refractivity contribution in [3.05, 3.63) is 63.7 Å². The van der Waals surface area contributed by atoms with Crippen molar-refractivity contribution in [3.8, 4) is 0 Å². The zero-order valence-corrected chi connectivity index (χ0v) is 19.0. The lowest BCUT2D eigenvalue weighted by atomic mass is 10.1. The van der Waals surface area contributed by atoms with Gasteiger partial charge in [0.05, 0.1) is 33.4 Å². The Balaban J connectivity index is 2.25. The van der Waals surface area contributed by atoms with Gasteiger partial charge in [0, 0.05) is 12.3 Å². The Morgan fingerprint density at radius 1 is 1.10 bits per heavy atom. The Kier molecular flexibility index (Phi) is 7.06. The Morgan fingerprint density at radius 3 is 2.16 bits per heavy atom. The van der Waals surface area contributed by atoms with E-state index in [4.69, 9.17) is 0 Å². The van der Waals surface area contributed by atoms with Gasteiger partial charge >= 0.3 is 0 Å². The summed E-state index contributed by atoms with van der Waals surface area (Å²) in [7, 11) is -7.27. The molecule has 10 nitrogen and oxygen atoms in total. The van der Waals surface area contributed by atoms with Crippen LogP contribution in [0.25, 0.3) is 0 Å². The minimum atomic E-state index is -3.92. The van der Waals surface area contributed by atoms with Crippen LogP contribution in [0.5, 0.6) is 0 Å². The average molecular weight is 470 g/mol. The Labute approximate surface area is 181 Å². The second-order valence-corrected chi connectivity index (χ2v) is 11.0. The van der Waals surface area contributed by atoms with Gasteiger partial charge in [-0.05, 0) is 37.6 Å². The first-order chi connectivity index (χ1) is 14.2. The minimum absolute atomic E-state index is 0.0389. The van der Waals surface area contributed by atoms with Gasteiger partial charge in [-0.15, -0.1) is 0 Å². The van der Waals surface area contributed by atoms with E-state index in [0.29, 0.717) is 5.56 Å². The zero-order chi connectivity index (χ0) is 23.6. The molecule has 0 saturated heterocycles. The second kappa shape index (κ2) is 9.02. The van der Waals surface area contributed by atoms with Gasteiger partial charge in [0.1, 0.15) is 6.54 Å². The lowest BCUT2D eigenvalue weighted by molar-refractivity contribution is -0.385. The Hall–Kier alpha value is -2.99. The van der Waals surface area contributed by atoms with Crippen LogP contribution in [0.2, 0.25) is 0 Å². The molecule has 1 N–H and O–H groups in total. The molecule has 0 radical (unpaired) electrons. The lowest BCUT2D eigenvalue weighted by Crippen LogP contribution is -2.41. The van der Waals surface area contributed by atoms with Crippen molar-refractivity contribution in [2.75, 3.05) is 23.4 Å². The fourth-order valence-corrected chi connectivity index (χ4v) is 4.50. The number of sulfonamides is 1. The predicted molar refractivity (Wildman–Crippen MR) is 116 cm³/mol. The monoisotopic (exact) mass is 469 g/mol. The smallest absolute Gasteiger partial charge is 0.274 e. The third-order valence-corrected chi connectivity index (χ3v) is 6.87. The van der Waals surface area contributed by atoms with E-state index in [9.17, 15) is 31.7 Å². The SMILES string of the molecule is Cc1c(N(CC(=O)N[C@@H](C)c2ccc(S(C)(=O)=O)cc2)S(C)(=O)=O)cccc1[N+](=O)[O-]. The summed E-state index contributed by atoms with van der Waals surface area (Å²) in [6.45, 7) is 2.50. The molecular weight excluding hydrogens is 446 g/mol. The summed E-state index contributed by atoms with van der Waals surface area (Å²) in [5, 5.41) is 13.8. The number of carbonyl (C=O) groups excluding carboxylic acids is 1. The van der Waals surface area contributed by atoms with Gasteiger partial charge in [0.15, 0.2) is 9.84 Å². The van der Waals surface area contributed by atoms with Crippen LogP contribution in [0, 0.1) is 17.0 Å². The first-order valence-corrected chi connectivity index (χ1v) is 12.8. The van der Waals surface area contributed by atoms with Crippen molar-refractivity contribution < 1.29 is 26.6 Å². The highest BCUT2D eigenvalue weighted by Gasteiger charge is 2.26. The Bertz CT molecular complexity index is 1210. The van der Waals surface area contributed by atoms with E-state index in [1.165, 1.54) is 37.3 Å². The quantitative estimate of drug-likeness (QED) is 0.459. The van der Waals surface area contributed by atoms with Gasteiger partial charge in [-0.25, -0.2) is 16.8 Å². The number of hydrogen-bond donors (Lipinski definition) is 1. The van der Waals surface area contributed by atoms with Crippen molar-refractivity contribution in [2.24, 2.45) is 0 Å². The highest BCUT2D eigenvalue weighted by molar-refractivity contribution is 7.92. The number of benzene rings is 2. The summed E-state index contributed by atoms with van der Waals surface area (Å²) in [4.78, 5) is 23.3. The molecule has 0 aliphatic carbocycles. The first kappa shape index (κ1) is 24.3. The van der Waals surface area contributed by atoms with Gasteiger partial charge in [-0.1, -0.05) is 18.2 Å². The number of amides is 1. The average Bonchev–Trinajstić information content (AvgIpc) is 2.65. The summed E-state index contributed by atoms with van der Waals surface area (Å²) in [5.41, 5.74) is 0.524. The van der Waals surface area contributed by atoms with Gasteiger partial charge in [0.2, 0.25) is 15.9 Å². The fraction of sp³-hybridized carbons (Fsp3) is 0.316. The van der Waals surface area contributed by atoms with Gasteiger partial charge in [0.25, 0.3) is 5.69 Å². The normalized spacial score (nSPS) is 12.8. The number of carbonyl (C=O) groups is 1. The van der Waals surface area contributed by atoms with Crippen molar-refractivity contribution in [2.45, 2.75) is 24.8 Å². The van der Waals surface area contributed by atoms with Gasteiger partial charge in [-0.3, -0.25) is 19.2 Å². The summed E-state index contributed by atoms with van der Waals surface area (Å²) < 4.78 is 48.5. The van der Waals surface area contributed by atoms with Gasteiger partial charge < -0.3 is 5.32 Å². The molecule has 2 aromatic carbocycles. The molecule has 12 heteroatoms. The van der Waals surface area contributed by atoms with Crippen LogP contribution in [-0.2, 0) is 24.7 Å². The highest BCUT2D eigenvalue weighted by Crippen LogP contribution is 2.29. The van der Waals surface area contributed by atoms with Crippen LogP contribution in [0.1, 0.15) is 24.1 Å². The molecule has 0 unspecified atom stereocenters. The number of anilines is 1. The molecule has 0 aliphatic heterocycles. The van der Waals surface area contributed by atoms with E-state index in [2.05, 4.69) is 5.32 Å². The number of nitro benzene ring substituents is 1. The molecule has 0 bridgehead atoms. The maximum Gasteiger partial charge on any atom is 0.274 e. The number of nitrogens with zero attached hydrogens (tertiary/aromatic N) is 2. The molecule has 1 amide bonds. The third-order valence-electron chi connectivity index (χ3n) is 4.62. The first-order valence-electron chi connectivity index (χ1n) is 9.03. The molecule has 1 atom stereocenters. The van der Waals surface area contributed by atoms with E-state index < -0.39 is 43.3 Å². The third kappa shape index (κ3) is 6.01. The standard InChI is InChI=1S/C19H23N3O7S2/c1-13-17(6-5-7-18(13)22(24)25)21(31(4,28)29)12-19(23)20-14(2)15-8-10-16(11-9-15)30(3,26)27/h5-11,14H,12H2,1-4H3,(H,20,23)/t14-/m0/s1.